The van der Waals surface area contributed by atoms with Gasteiger partial charge in [-0.1, -0.05) is 18.2 Å². The standard InChI is InChI=1S/C18H16N2O2S/c1-2-22-14-7-5-6-13(12-14)19-17(21)10-11-18-20-15-8-3-4-9-16(15)23-18/h3-12H,2H2,1H3,(H,19,21). The van der Waals surface area contributed by atoms with E-state index in [2.05, 4.69) is 10.3 Å². The maximum Gasteiger partial charge on any atom is 0.248 e. The van der Waals surface area contributed by atoms with Crippen LogP contribution in [-0.4, -0.2) is 17.5 Å². The zero-order valence-electron chi connectivity index (χ0n) is 12.7. The highest BCUT2D eigenvalue weighted by Crippen LogP contribution is 2.22. The first kappa shape index (κ1) is 15.2. The molecule has 3 rings (SSSR count). The fourth-order valence-corrected chi connectivity index (χ4v) is 2.99. The highest BCUT2D eigenvalue weighted by Gasteiger charge is 2.02. The Labute approximate surface area is 138 Å². The van der Waals surface area contributed by atoms with Gasteiger partial charge in [-0.05, 0) is 37.3 Å². The Hall–Kier alpha value is -2.66. The summed E-state index contributed by atoms with van der Waals surface area (Å²) in [5.74, 6) is 0.540. The van der Waals surface area contributed by atoms with E-state index in [1.54, 1.807) is 23.5 Å². The van der Waals surface area contributed by atoms with Gasteiger partial charge in [0.05, 0.1) is 16.8 Å². The largest absolute Gasteiger partial charge is 0.494 e. The highest BCUT2D eigenvalue weighted by molar-refractivity contribution is 7.19. The van der Waals surface area contributed by atoms with Crippen molar-refractivity contribution in [3.8, 4) is 5.75 Å². The Balaban J connectivity index is 1.67. The molecule has 5 heteroatoms. The van der Waals surface area contributed by atoms with Gasteiger partial charge >= 0.3 is 0 Å². The van der Waals surface area contributed by atoms with Crippen LogP contribution in [0.5, 0.6) is 5.75 Å². The van der Waals surface area contributed by atoms with Crippen LogP contribution in [0.15, 0.2) is 54.6 Å². The van der Waals surface area contributed by atoms with Crippen molar-refractivity contribution >= 4 is 39.2 Å². The van der Waals surface area contributed by atoms with Crippen molar-refractivity contribution in [2.45, 2.75) is 6.92 Å². The number of carbonyl (C=O) groups excluding carboxylic acids is 1. The molecule has 0 aliphatic carbocycles. The maximum absolute atomic E-state index is 12.0. The minimum atomic E-state index is -0.196. The molecule has 2 aromatic carbocycles. The third kappa shape index (κ3) is 3.96. The number of hydrogen-bond donors (Lipinski definition) is 1. The SMILES string of the molecule is CCOc1cccc(NC(=O)C=Cc2nc3ccccc3s2)c1. The molecule has 0 spiro atoms. The van der Waals surface area contributed by atoms with Crippen LogP contribution in [0.1, 0.15) is 11.9 Å². The van der Waals surface area contributed by atoms with Crippen LogP contribution in [0.4, 0.5) is 5.69 Å². The van der Waals surface area contributed by atoms with Gasteiger partial charge in [-0.15, -0.1) is 11.3 Å². The first-order valence-corrected chi connectivity index (χ1v) is 8.14. The van der Waals surface area contributed by atoms with Crippen molar-refractivity contribution in [2.75, 3.05) is 11.9 Å². The number of hydrogen-bond acceptors (Lipinski definition) is 4. The van der Waals surface area contributed by atoms with Crippen LogP contribution in [0.2, 0.25) is 0 Å². The number of nitrogens with zero attached hydrogens (tertiary/aromatic N) is 1. The van der Waals surface area contributed by atoms with Crippen LogP contribution in [0.3, 0.4) is 0 Å². The number of fused-ring (bicyclic) bond motifs is 1. The molecule has 0 radical (unpaired) electrons. The quantitative estimate of drug-likeness (QED) is 0.710. The van der Waals surface area contributed by atoms with Crippen LogP contribution >= 0.6 is 11.3 Å². The lowest BCUT2D eigenvalue weighted by atomic mass is 10.3. The number of carbonyl (C=O) groups is 1. The van der Waals surface area contributed by atoms with E-state index in [0.29, 0.717) is 12.3 Å². The normalized spacial score (nSPS) is 11.0. The van der Waals surface area contributed by atoms with E-state index < -0.39 is 0 Å². The second-order valence-corrected chi connectivity index (χ2v) is 5.87. The molecule has 0 aliphatic rings. The zero-order valence-corrected chi connectivity index (χ0v) is 13.5. The summed E-state index contributed by atoms with van der Waals surface area (Å²) in [6.45, 7) is 2.51. The molecule has 0 saturated carbocycles. The van der Waals surface area contributed by atoms with Crippen LogP contribution in [0.25, 0.3) is 16.3 Å². The molecule has 116 valence electrons. The third-order valence-electron chi connectivity index (χ3n) is 3.10. The highest BCUT2D eigenvalue weighted by atomic mass is 32.1. The zero-order chi connectivity index (χ0) is 16.1. The summed E-state index contributed by atoms with van der Waals surface area (Å²) in [6, 6.07) is 15.2. The Bertz CT molecular complexity index is 822. The van der Waals surface area contributed by atoms with Crippen LogP contribution in [0, 0.1) is 0 Å². The monoisotopic (exact) mass is 324 g/mol. The Morgan fingerprint density at radius 3 is 2.96 bits per heavy atom. The van der Waals surface area contributed by atoms with E-state index in [9.17, 15) is 4.79 Å². The van der Waals surface area contributed by atoms with E-state index in [-0.39, 0.29) is 5.91 Å². The topological polar surface area (TPSA) is 51.2 Å². The summed E-state index contributed by atoms with van der Waals surface area (Å²) in [6.07, 6.45) is 3.22. The number of amides is 1. The second kappa shape index (κ2) is 7.07. The maximum atomic E-state index is 12.0. The van der Waals surface area contributed by atoms with E-state index >= 15 is 0 Å². The van der Waals surface area contributed by atoms with Gasteiger partial charge in [-0.3, -0.25) is 4.79 Å². The van der Waals surface area contributed by atoms with Gasteiger partial charge in [0, 0.05) is 17.8 Å². The van der Waals surface area contributed by atoms with Gasteiger partial charge < -0.3 is 10.1 Å². The van der Waals surface area contributed by atoms with E-state index in [1.165, 1.54) is 6.08 Å². The number of rotatable bonds is 5. The molecule has 1 amide bonds. The van der Waals surface area contributed by atoms with E-state index in [0.717, 1.165) is 21.0 Å². The molecule has 1 N–H and O–H groups in total. The minimum absolute atomic E-state index is 0.196. The molecule has 0 atom stereocenters. The average molecular weight is 324 g/mol. The van der Waals surface area contributed by atoms with Crippen molar-refractivity contribution in [3.63, 3.8) is 0 Å². The molecular formula is C18H16N2O2S. The number of thiazole rings is 1. The number of benzene rings is 2. The summed E-state index contributed by atoms with van der Waals surface area (Å²) < 4.78 is 6.52. The van der Waals surface area contributed by atoms with Crippen LogP contribution in [-0.2, 0) is 4.79 Å². The number of para-hydroxylation sites is 1. The lowest BCUT2D eigenvalue weighted by Crippen LogP contribution is -2.07. The molecule has 3 aromatic rings. The predicted octanol–water partition coefficient (Wildman–Crippen LogP) is 4.35. The molecule has 23 heavy (non-hydrogen) atoms. The molecular weight excluding hydrogens is 308 g/mol. The molecule has 0 fully saturated rings. The summed E-state index contributed by atoms with van der Waals surface area (Å²) in [5.41, 5.74) is 1.65. The van der Waals surface area contributed by atoms with Gasteiger partial charge in [-0.2, -0.15) is 0 Å². The van der Waals surface area contributed by atoms with Gasteiger partial charge in [0.25, 0.3) is 0 Å². The van der Waals surface area contributed by atoms with Crippen molar-refractivity contribution in [2.24, 2.45) is 0 Å². The Morgan fingerprint density at radius 2 is 2.13 bits per heavy atom. The molecule has 1 heterocycles. The lowest BCUT2D eigenvalue weighted by molar-refractivity contribution is -0.111. The van der Waals surface area contributed by atoms with Gasteiger partial charge in [0.2, 0.25) is 5.91 Å². The number of aromatic nitrogens is 1. The summed E-state index contributed by atoms with van der Waals surface area (Å²) in [5, 5.41) is 3.63. The Kier molecular flexibility index (Phi) is 4.68. The minimum Gasteiger partial charge on any atom is -0.494 e. The first-order valence-electron chi connectivity index (χ1n) is 7.32. The molecule has 4 nitrogen and oxygen atoms in total. The average Bonchev–Trinajstić information content (AvgIpc) is 2.96. The molecule has 1 aromatic heterocycles. The predicted molar refractivity (Wildman–Crippen MR) is 94.9 cm³/mol. The van der Waals surface area contributed by atoms with Crippen molar-refractivity contribution in [1.82, 2.24) is 4.98 Å². The van der Waals surface area contributed by atoms with Crippen molar-refractivity contribution in [1.29, 1.82) is 0 Å². The summed E-state index contributed by atoms with van der Waals surface area (Å²) in [4.78, 5) is 16.5. The van der Waals surface area contributed by atoms with E-state index in [1.807, 2.05) is 49.4 Å². The summed E-state index contributed by atoms with van der Waals surface area (Å²) in [7, 11) is 0. The van der Waals surface area contributed by atoms with Gasteiger partial charge in [0.1, 0.15) is 10.8 Å². The van der Waals surface area contributed by atoms with Gasteiger partial charge in [-0.25, -0.2) is 4.98 Å². The number of nitrogens with one attached hydrogen (secondary N) is 1. The van der Waals surface area contributed by atoms with Crippen LogP contribution < -0.4 is 10.1 Å². The summed E-state index contributed by atoms with van der Waals surface area (Å²) >= 11 is 1.56. The lowest BCUT2D eigenvalue weighted by Gasteiger charge is -2.06. The van der Waals surface area contributed by atoms with Crippen molar-refractivity contribution < 1.29 is 9.53 Å². The fraction of sp³-hybridized carbons (Fsp3) is 0.111. The Morgan fingerprint density at radius 1 is 1.26 bits per heavy atom. The van der Waals surface area contributed by atoms with E-state index in [4.69, 9.17) is 4.74 Å². The third-order valence-corrected chi connectivity index (χ3v) is 4.10. The smallest absolute Gasteiger partial charge is 0.248 e. The first-order chi connectivity index (χ1) is 11.2. The molecule has 0 aliphatic heterocycles. The second-order valence-electron chi connectivity index (χ2n) is 4.80. The van der Waals surface area contributed by atoms with Gasteiger partial charge in [0.15, 0.2) is 0 Å². The molecule has 0 unspecified atom stereocenters. The number of anilines is 1. The molecule has 0 bridgehead atoms. The molecule has 0 saturated heterocycles. The number of ether oxygens (including phenoxy) is 1. The fourth-order valence-electron chi connectivity index (χ4n) is 2.12. The van der Waals surface area contributed by atoms with Crippen molar-refractivity contribution in [3.05, 3.63) is 59.6 Å².